The van der Waals surface area contributed by atoms with E-state index in [0.29, 0.717) is 29.3 Å². The highest BCUT2D eigenvalue weighted by Crippen LogP contribution is 2.41. The van der Waals surface area contributed by atoms with Crippen LogP contribution in [0.3, 0.4) is 0 Å². The van der Waals surface area contributed by atoms with Crippen LogP contribution in [0.25, 0.3) is 0 Å². The molecule has 5 nitrogen and oxygen atoms in total. The molecule has 0 bridgehead atoms. The molecule has 1 aliphatic rings. The van der Waals surface area contributed by atoms with Gasteiger partial charge in [0.15, 0.2) is 15.8 Å². The van der Waals surface area contributed by atoms with Crippen molar-refractivity contribution < 1.29 is 8.42 Å². The zero-order valence-corrected chi connectivity index (χ0v) is 18.7. The second kappa shape index (κ2) is 8.57. The predicted octanol–water partition coefficient (Wildman–Crippen LogP) is 3.74. The van der Waals surface area contributed by atoms with E-state index in [0.717, 1.165) is 23.5 Å². The Bertz CT molecular complexity index is 995. The first-order valence-corrected chi connectivity index (χ1v) is 11.9. The van der Waals surface area contributed by atoms with Crippen LogP contribution in [0.4, 0.5) is 0 Å². The Labute approximate surface area is 174 Å². The maximum atomic E-state index is 11.8. The number of rotatable bonds is 6. The molecular formula is C23H31N3O2S. The zero-order valence-electron chi connectivity index (χ0n) is 17.9. The Morgan fingerprint density at radius 2 is 1.86 bits per heavy atom. The lowest BCUT2D eigenvalue weighted by atomic mass is 10.0. The van der Waals surface area contributed by atoms with Crippen LogP contribution >= 0.6 is 0 Å². The van der Waals surface area contributed by atoms with E-state index < -0.39 is 9.84 Å². The highest BCUT2D eigenvalue weighted by atomic mass is 32.2. The molecule has 6 heteroatoms. The van der Waals surface area contributed by atoms with E-state index in [-0.39, 0.29) is 0 Å². The number of aryl methyl sites for hydroxylation is 1. The Morgan fingerprint density at radius 1 is 1.17 bits per heavy atom. The fraction of sp³-hybridized carbons (Fsp3) is 0.435. The molecule has 0 heterocycles. The number of nitrogens with one attached hydrogen (secondary N) is 2. The molecule has 2 aromatic carbocycles. The van der Waals surface area contributed by atoms with Crippen molar-refractivity contribution in [1.82, 2.24) is 10.6 Å². The van der Waals surface area contributed by atoms with Crippen LogP contribution in [0.1, 0.15) is 54.4 Å². The van der Waals surface area contributed by atoms with Crippen molar-refractivity contribution in [2.75, 3.05) is 13.3 Å². The van der Waals surface area contributed by atoms with Gasteiger partial charge in [0.1, 0.15) is 0 Å². The summed E-state index contributed by atoms with van der Waals surface area (Å²) in [5.41, 5.74) is 4.53. The van der Waals surface area contributed by atoms with E-state index in [2.05, 4.69) is 53.7 Å². The van der Waals surface area contributed by atoms with Gasteiger partial charge >= 0.3 is 0 Å². The molecule has 0 saturated heterocycles. The molecule has 1 aliphatic carbocycles. The van der Waals surface area contributed by atoms with Crippen LogP contribution in [-0.2, 0) is 16.4 Å². The summed E-state index contributed by atoms with van der Waals surface area (Å²) in [6.07, 6.45) is 2.34. The fourth-order valence-corrected chi connectivity index (χ4v) is 4.60. The highest BCUT2D eigenvalue weighted by Gasteiger charge is 2.38. The van der Waals surface area contributed by atoms with Crippen molar-refractivity contribution in [2.24, 2.45) is 4.99 Å². The van der Waals surface area contributed by atoms with E-state index in [1.807, 2.05) is 19.1 Å². The maximum absolute atomic E-state index is 11.8. The molecule has 2 unspecified atom stereocenters. The molecule has 0 aliphatic heterocycles. The van der Waals surface area contributed by atoms with Crippen molar-refractivity contribution in [1.29, 1.82) is 0 Å². The van der Waals surface area contributed by atoms with E-state index in [4.69, 9.17) is 0 Å². The molecule has 0 spiro atoms. The van der Waals surface area contributed by atoms with Crippen LogP contribution in [0.5, 0.6) is 0 Å². The fourth-order valence-electron chi connectivity index (χ4n) is 3.64. The van der Waals surface area contributed by atoms with Gasteiger partial charge in [-0.05, 0) is 47.6 Å². The van der Waals surface area contributed by atoms with Crippen LogP contribution < -0.4 is 10.6 Å². The number of hydrogen-bond donors (Lipinski definition) is 2. The lowest BCUT2D eigenvalue weighted by molar-refractivity contribution is 0.601. The number of aliphatic imine (C=N–C) groups is 1. The van der Waals surface area contributed by atoms with Crippen LogP contribution in [-0.4, -0.2) is 33.7 Å². The topological polar surface area (TPSA) is 70.6 Å². The molecule has 2 aromatic rings. The maximum Gasteiger partial charge on any atom is 0.191 e. The first-order valence-electron chi connectivity index (χ1n) is 10.1. The van der Waals surface area contributed by atoms with Gasteiger partial charge in [-0.15, -0.1) is 0 Å². The van der Waals surface area contributed by atoms with Crippen molar-refractivity contribution in [3.05, 3.63) is 64.7 Å². The average Bonchev–Trinajstić information content (AvgIpc) is 3.43. The summed E-state index contributed by atoms with van der Waals surface area (Å²) in [5.74, 6) is 1.84. The van der Waals surface area contributed by atoms with E-state index in [1.165, 1.54) is 17.4 Å². The summed E-state index contributed by atoms with van der Waals surface area (Å²) in [4.78, 5) is 4.71. The van der Waals surface area contributed by atoms with Gasteiger partial charge in [0.05, 0.1) is 4.90 Å². The predicted molar refractivity (Wildman–Crippen MR) is 119 cm³/mol. The van der Waals surface area contributed by atoms with E-state index in [9.17, 15) is 8.42 Å². The van der Waals surface area contributed by atoms with Crippen LogP contribution in [0, 0.1) is 6.92 Å². The van der Waals surface area contributed by atoms with Gasteiger partial charge in [0, 0.05) is 31.8 Å². The molecule has 0 amide bonds. The van der Waals surface area contributed by atoms with Crippen molar-refractivity contribution in [3.63, 3.8) is 0 Å². The summed E-state index contributed by atoms with van der Waals surface area (Å²) in [7, 11) is -1.42. The lowest BCUT2D eigenvalue weighted by Crippen LogP contribution is -2.38. The van der Waals surface area contributed by atoms with Gasteiger partial charge in [-0.25, -0.2) is 8.42 Å². The average molecular weight is 414 g/mol. The smallest absolute Gasteiger partial charge is 0.191 e. The molecule has 0 aromatic heterocycles. The Balaban J connectivity index is 1.55. The summed E-state index contributed by atoms with van der Waals surface area (Å²) >= 11 is 0. The van der Waals surface area contributed by atoms with Gasteiger partial charge in [-0.3, -0.25) is 4.99 Å². The number of nitrogens with zero attached hydrogens (tertiary/aromatic N) is 1. The van der Waals surface area contributed by atoms with Gasteiger partial charge < -0.3 is 10.6 Å². The minimum absolute atomic E-state index is 0.382. The second-order valence-corrected chi connectivity index (χ2v) is 10.2. The van der Waals surface area contributed by atoms with Crippen LogP contribution in [0.15, 0.2) is 52.4 Å². The molecule has 0 radical (unpaired) electrons. The molecular weight excluding hydrogens is 382 g/mol. The first-order chi connectivity index (χ1) is 13.7. The quantitative estimate of drug-likeness (QED) is 0.559. The van der Waals surface area contributed by atoms with Gasteiger partial charge in [-0.1, -0.05) is 50.2 Å². The summed E-state index contributed by atoms with van der Waals surface area (Å²) < 4.78 is 23.5. The van der Waals surface area contributed by atoms with Crippen molar-refractivity contribution >= 4 is 15.8 Å². The molecule has 2 N–H and O–H groups in total. The van der Waals surface area contributed by atoms with E-state index >= 15 is 0 Å². The molecule has 1 fully saturated rings. The van der Waals surface area contributed by atoms with Crippen LogP contribution in [0.2, 0.25) is 0 Å². The largest absolute Gasteiger partial charge is 0.353 e. The number of guanidine groups is 1. The molecule has 3 rings (SSSR count). The number of hydrogen-bond acceptors (Lipinski definition) is 3. The number of benzene rings is 2. The monoisotopic (exact) mass is 413 g/mol. The van der Waals surface area contributed by atoms with E-state index in [1.54, 1.807) is 13.1 Å². The lowest BCUT2D eigenvalue weighted by Gasteiger charge is -2.13. The van der Waals surface area contributed by atoms with Crippen molar-refractivity contribution in [2.45, 2.75) is 56.5 Å². The second-order valence-electron chi connectivity index (χ2n) is 8.21. The summed E-state index contributed by atoms with van der Waals surface area (Å²) in [6.45, 7) is 6.84. The van der Waals surface area contributed by atoms with Crippen molar-refractivity contribution in [3.8, 4) is 0 Å². The molecule has 156 valence electrons. The van der Waals surface area contributed by atoms with Gasteiger partial charge in [0.25, 0.3) is 0 Å². The third-order valence-corrected chi connectivity index (χ3v) is 6.72. The Kier molecular flexibility index (Phi) is 6.32. The minimum Gasteiger partial charge on any atom is -0.353 e. The standard InChI is InChI=1S/C23H31N3O2S/c1-15(2)18-7-9-19(10-8-18)20-13-21(20)26-23(24-4)25-14-17-6-11-22(16(3)12-17)29(5,27)28/h6-12,15,20-21H,13-14H2,1-5H3,(H2,24,25,26). The molecule has 1 saturated carbocycles. The normalized spacial score (nSPS) is 19.3. The zero-order chi connectivity index (χ0) is 21.2. The Morgan fingerprint density at radius 3 is 2.41 bits per heavy atom. The highest BCUT2D eigenvalue weighted by molar-refractivity contribution is 7.90. The molecule has 29 heavy (non-hydrogen) atoms. The summed E-state index contributed by atoms with van der Waals surface area (Å²) in [5, 5.41) is 6.82. The van der Waals surface area contributed by atoms with Gasteiger partial charge in [-0.2, -0.15) is 0 Å². The summed E-state index contributed by atoms with van der Waals surface area (Å²) in [6, 6.07) is 14.8. The molecule has 2 atom stereocenters. The number of sulfone groups is 1. The third-order valence-electron chi connectivity index (χ3n) is 5.47. The van der Waals surface area contributed by atoms with Gasteiger partial charge in [0.2, 0.25) is 0 Å². The SMILES string of the molecule is CN=C(NCc1ccc(S(C)(=O)=O)c(C)c1)NC1CC1c1ccc(C(C)C)cc1. The minimum atomic E-state index is -3.19. The first kappa shape index (κ1) is 21.4. The Hall–Kier alpha value is -2.34. The third kappa shape index (κ3) is 5.38.